The molecule has 0 unspecified atom stereocenters. The number of aromatic nitrogens is 3. The second-order valence-corrected chi connectivity index (χ2v) is 18.8. The van der Waals surface area contributed by atoms with Crippen molar-refractivity contribution >= 4 is 36.9 Å². The quantitative estimate of drug-likeness (QED) is 0.145. The summed E-state index contributed by atoms with van der Waals surface area (Å²) in [5, 5.41) is 0.315. The maximum Gasteiger partial charge on any atom is 0.410 e. The molecular weight excluding hydrogens is 729 g/mol. The van der Waals surface area contributed by atoms with Gasteiger partial charge in [-0.15, -0.1) is 0 Å². The van der Waals surface area contributed by atoms with Crippen LogP contribution in [0.1, 0.15) is 58.2 Å². The molecule has 0 bridgehead atoms. The van der Waals surface area contributed by atoms with E-state index in [9.17, 15) is 26.4 Å². The van der Waals surface area contributed by atoms with Crippen LogP contribution in [0.2, 0.25) is 0 Å². The predicted molar refractivity (Wildman–Crippen MR) is 207 cm³/mol. The van der Waals surface area contributed by atoms with Gasteiger partial charge in [0.25, 0.3) is 15.6 Å². The molecule has 5 aromatic rings. The Morgan fingerprint density at radius 3 is 2.24 bits per heavy atom. The second kappa shape index (κ2) is 15.1. The van der Waals surface area contributed by atoms with Crippen LogP contribution in [0.25, 0.3) is 22.0 Å². The molecule has 1 saturated heterocycles. The van der Waals surface area contributed by atoms with Crippen LogP contribution in [0.5, 0.6) is 11.5 Å². The molecule has 2 aromatic carbocycles. The number of hydrogen-bond donors (Lipinski definition) is 0. The summed E-state index contributed by atoms with van der Waals surface area (Å²) in [7, 11) is -6.28. The lowest BCUT2D eigenvalue weighted by Crippen LogP contribution is -2.41. The van der Waals surface area contributed by atoms with Crippen molar-refractivity contribution in [3.63, 3.8) is 0 Å². The van der Waals surface area contributed by atoms with Gasteiger partial charge in [0.2, 0.25) is 0 Å². The van der Waals surface area contributed by atoms with Crippen LogP contribution < -0.4 is 10.3 Å². The Hall–Kier alpha value is -4.95. The van der Waals surface area contributed by atoms with Gasteiger partial charge in [-0.3, -0.25) is 9.78 Å². The maximum atomic E-state index is 13.8. The van der Waals surface area contributed by atoms with Gasteiger partial charge < -0.3 is 18.9 Å². The molecule has 4 heterocycles. The number of sulfone groups is 1. The molecule has 0 aliphatic carbocycles. The van der Waals surface area contributed by atoms with Crippen molar-refractivity contribution < 1.29 is 31.1 Å². The molecular formula is C40H46N4O8S2. The SMILES string of the molecule is CCS(=O)(=O)c1ccc(Oc2ccc(CCC3CCN(C(=O)OC(C)(C)C)CC3)nc2)c(-c2cn(C)c(=O)c3c2ccn3S(=O)(=O)c2ccc(C)cc2)c1. The van der Waals surface area contributed by atoms with Crippen LogP contribution in [0.3, 0.4) is 0 Å². The first-order valence-corrected chi connectivity index (χ1v) is 21.1. The molecule has 0 atom stereocenters. The van der Waals surface area contributed by atoms with E-state index in [1.807, 2.05) is 33.8 Å². The zero-order valence-corrected chi connectivity index (χ0v) is 33.0. The molecule has 1 aliphatic heterocycles. The van der Waals surface area contributed by atoms with Crippen molar-refractivity contribution in [2.45, 2.75) is 75.7 Å². The normalized spacial score (nSPS) is 14.4. The van der Waals surface area contributed by atoms with Crippen LogP contribution in [0.15, 0.2) is 93.8 Å². The zero-order valence-electron chi connectivity index (χ0n) is 31.4. The van der Waals surface area contributed by atoms with Gasteiger partial charge >= 0.3 is 6.09 Å². The van der Waals surface area contributed by atoms with E-state index in [2.05, 4.69) is 4.98 Å². The topological polar surface area (TPSA) is 147 Å². The first-order chi connectivity index (χ1) is 25.5. The van der Waals surface area contributed by atoms with Crippen molar-refractivity contribution in [1.82, 2.24) is 18.4 Å². The number of carbonyl (C=O) groups is 1. The van der Waals surface area contributed by atoms with E-state index in [0.29, 0.717) is 47.0 Å². The highest BCUT2D eigenvalue weighted by Crippen LogP contribution is 2.39. The molecule has 0 N–H and O–H groups in total. The number of fused-ring (bicyclic) bond motifs is 1. The van der Waals surface area contributed by atoms with Crippen LogP contribution in [0, 0.1) is 12.8 Å². The molecule has 3 aromatic heterocycles. The van der Waals surface area contributed by atoms with E-state index < -0.39 is 31.0 Å². The summed E-state index contributed by atoms with van der Waals surface area (Å²) in [6.07, 6.45) is 7.70. The van der Waals surface area contributed by atoms with E-state index >= 15 is 0 Å². The summed E-state index contributed by atoms with van der Waals surface area (Å²) in [6.45, 7) is 10.3. The van der Waals surface area contributed by atoms with Gasteiger partial charge in [-0.2, -0.15) is 0 Å². The first kappa shape index (κ1) is 38.8. The highest BCUT2D eigenvalue weighted by atomic mass is 32.2. The number of carbonyl (C=O) groups excluding carboxylic acids is 1. The summed E-state index contributed by atoms with van der Waals surface area (Å²) < 4.78 is 67.8. The number of rotatable bonds is 10. The molecule has 1 fully saturated rings. The molecule has 0 spiro atoms. The number of hydrogen-bond acceptors (Lipinski definition) is 9. The van der Waals surface area contributed by atoms with Gasteiger partial charge in [0.15, 0.2) is 9.84 Å². The van der Waals surface area contributed by atoms with Crippen molar-refractivity contribution in [2.75, 3.05) is 18.8 Å². The zero-order chi connectivity index (χ0) is 39.0. The standard InChI is InChI=1S/C40H46N4O8S2/c1-7-53(47,48)32-16-17-36(51-30-13-12-29(41-25-30)11-10-28-18-21-43(22-19-28)39(46)52-40(3,4)5)34(24-32)35-26-42(6)38(45)37-33(35)20-23-44(37)54(49,50)31-14-8-27(2)9-15-31/h8-9,12-17,20,23-26,28H,7,10-11,18-19,21-22H2,1-6H3. The van der Waals surface area contributed by atoms with Gasteiger partial charge in [-0.05, 0) is 108 Å². The fourth-order valence-electron chi connectivity index (χ4n) is 6.57. The monoisotopic (exact) mass is 774 g/mol. The Balaban J connectivity index is 1.27. The number of nitrogens with zero attached hydrogens (tertiary/aromatic N) is 4. The highest BCUT2D eigenvalue weighted by molar-refractivity contribution is 7.91. The average Bonchev–Trinajstić information content (AvgIpc) is 3.59. The van der Waals surface area contributed by atoms with Crippen molar-refractivity contribution in [3.05, 3.63) is 101 Å². The number of ether oxygens (including phenoxy) is 2. The van der Waals surface area contributed by atoms with Gasteiger partial charge in [-0.1, -0.05) is 24.6 Å². The van der Waals surface area contributed by atoms with Crippen LogP contribution in [-0.2, 0) is 38.1 Å². The summed E-state index contributed by atoms with van der Waals surface area (Å²) in [5.41, 5.74) is 1.40. The van der Waals surface area contributed by atoms with E-state index in [4.69, 9.17) is 9.47 Å². The van der Waals surface area contributed by atoms with Crippen molar-refractivity contribution in [2.24, 2.45) is 13.0 Å². The molecule has 1 amide bonds. The van der Waals surface area contributed by atoms with Gasteiger partial charge in [0, 0.05) is 54.7 Å². The molecule has 54 heavy (non-hydrogen) atoms. The summed E-state index contributed by atoms with van der Waals surface area (Å²) in [6, 6.07) is 16.1. The highest BCUT2D eigenvalue weighted by Gasteiger charge is 2.28. The minimum Gasteiger partial charge on any atom is -0.455 e. The van der Waals surface area contributed by atoms with Gasteiger partial charge in [0.1, 0.15) is 22.6 Å². The Morgan fingerprint density at radius 1 is 0.926 bits per heavy atom. The van der Waals surface area contributed by atoms with E-state index in [-0.39, 0.29) is 27.2 Å². The number of benzene rings is 2. The summed E-state index contributed by atoms with van der Waals surface area (Å²) in [4.78, 5) is 32.5. The van der Waals surface area contributed by atoms with Crippen LogP contribution >= 0.6 is 0 Å². The molecule has 286 valence electrons. The Bertz CT molecular complexity index is 2460. The first-order valence-electron chi connectivity index (χ1n) is 18.0. The lowest BCUT2D eigenvalue weighted by atomic mass is 9.91. The van der Waals surface area contributed by atoms with E-state index in [0.717, 1.165) is 40.9 Å². The Labute approximate surface area is 316 Å². The fraction of sp³-hybridized carbons (Fsp3) is 0.375. The third-order valence-corrected chi connectivity index (χ3v) is 13.1. The largest absolute Gasteiger partial charge is 0.455 e. The minimum absolute atomic E-state index is 0.0256. The van der Waals surface area contributed by atoms with Crippen molar-refractivity contribution in [3.8, 4) is 22.6 Å². The van der Waals surface area contributed by atoms with Crippen LogP contribution in [0.4, 0.5) is 4.79 Å². The molecule has 14 heteroatoms. The smallest absolute Gasteiger partial charge is 0.410 e. The summed E-state index contributed by atoms with van der Waals surface area (Å²) >= 11 is 0. The average molecular weight is 775 g/mol. The fourth-order valence-corrected chi connectivity index (χ4v) is 8.82. The Morgan fingerprint density at radius 2 is 1.61 bits per heavy atom. The number of amides is 1. The van der Waals surface area contributed by atoms with Crippen LogP contribution in [-0.4, -0.2) is 65.8 Å². The predicted octanol–water partition coefficient (Wildman–Crippen LogP) is 7.11. The summed E-state index contributed by atoms with van der Waals surface area (Å²) in [5.74, 6) is 1.04. The number of pyridine rings is 2. The molecule has 0 saturated carbocycles. The number of aryl methyl sites for hydroxylation is 3. The van der Waals surface area contributed by atoms with E-state index in [1.165, 1.54) is 42.1 Å². The van der Waals surface area contributed by atoms with Crippen molar-refractivity contribution in [1.29, 1.82) is 0 Å². The molecule has 1 aliphatic rings. The molecule has 0 radical (unpaired) electrons. The third-order valence-electron chi connectivity index (χ3n) is 9.65. The third kappa shape index (κ3) is 8.24. The van der Waals surface area contributed by atoms with Gasteiger partial charge in [-0.25, -0.2) is 25.6 Å². The molecule has 6 rings (SSSR count). The lowest BCUT2D eigenvalue weighted by molar-refractivity contribution is 0.0181. The second-order valence-electron chi connectivity index (χ2n) is 14.7. The lowest BCUT2D eigenvalue weighted by Gasteiger charge is -2.33. The van der Waals surface area contributed by atoms with Gasteiger partial charge in [0.05, 0.1) is 21.7 Å². The Kier molecular flexibility index (Phi) is 10.8. The number of piperidine rings is 1. The number of likely N-dealkylation sites (tertiary alicyclic amines) is 1. The molecule has 12 nitrogen and oxygen atoms in total. The van der Waals surface area contributed by atoms with E-state index in [1.54, 1.807) is 54.5 Å². The maximum absolute atomic E-state index is 13.8. The minimum atomic E-state index is -4.15.